The quantitative estimate of drug-likeness (QED) is 0.522. The number of nitrogens with zero attached hydrogens (tertiary/aromatic N) is 6. The Hall–Kier alpha value is -2.49. The Morgan fingerprint density at radius 3 is 2.50 bits per heavy atom. The van der Waals surface area contributed by atoms with Crippen LogP contribution in [0.15, 0.2) is 35.5 Å². The summed E-state index contributed by atoms with van der Waals surface area (Å²) in [6, 6.07) is 10.6. The lowest BCUT2D eigenvalue weighted by Gasteiger charge is -2.34. The summed E-state index contributed by atoms with van der Waals surface area (Å²) < 4.78 is 1.73. The molecule has 4 rings (SSSR count). The number of hydrogen-bond donors (Lipinski definition) is 1. The van der Waals surface area contributed by atoms with Crippen LogP contribution in [0.1, 0.15) is 22.5 Å². The van der Waals surface area contributed by atoms with E-state index in [4.69, 9.17) is 0 Å². The van der Waals surface area contributed by atoms with Crippen LogP contribution >= 0.6 is 11.8 Å². The molecular weight excluding hydrogens is 422 g/mol. The van der Waals surface area contributed by atoms with E-state index in [1.54, 1.807) is 4.52 Å². The molecule has 1 N–H and O–H groups in total. The Kier molecular flexibility index (Phi) is 7.39. The van der Waals surface area contributed by atoms with Gasteiger partial charge in [-0.3, -0.25) is 14.6 Å². The Morgan fingerprint density at radius 2 is 1.78 bits per heavy atom. The van der Waals surface area contributed by atoms with E-state index in [2.05, 4.69) is 60.5 Å². The summed E-state index contributed by atoms with van der Waals surface area (Å²) in [5.41, 5.74) is 4.04. The molecule has 0 spiro atoms. The van der Waals surface area contributed by atoms with E-state index in [0.717, 1.165) is 56.2 Å². The molecule has 1 amide bonds. The number of benzene rings is 1. The molecule has 0 radical (unpaired) electrons. The van der Waals surface area contributed by atoms with Crippen molar-refractivity contribution in [1.82, 2.24) is 34.7 Å². The van der Waals surface area contributed by atoms with Gasteiger partial charge in [-0.1, -0.05) is 42.1 Å². The van der Waals surface area contributed by atoms with Gasteiger partial charge in [-0.2, -0.15) is 4.98 Å². The number of rotatable bonds is 8. The van der Waals surface area contributed by atoms with Gasteiger partial charge in [-0.15, -0.1) is 5.10 Å². The van der Waals surface area contributed by atoms with E-state index >= 15 is 0 Å². The SMILES string of the molecule is CSc1nc2nc(C)c(CC(=O)NCCN3CCN(Cc4ccccc4)CC3)c(C)n2n1. The van der Waals surface area contributed by atoms with Crippen LogP contribution in [-0.4, -0.2) is 80.8 Å². The average Bonchev–Trinajstić information content (AvgIpc) is 3.22. The van der Waals surface area contributed by atoms with E-state index in [-0.39, 0.29) is 5.91 Å². The predicted octanol–water partition coefficient (Wildman–Crippen LogP) is 1.94. The predicted molar refractivity (Wildman–Crippen MR) is 127 cm³/mol. The normalized spacial score (nSPS) is 15.3. The van der Waals surface area contributed by atoms with Gasteiger partial charge in [0.1, 0.15) is 0 Å². The highest BCUT2D eigenvalue weighted by Crippen LogP contribution is 2.17. The summed E-state index contributed by atoms with van der Waals surface area (Å²) in [5.74, 6) is 0.602. The molecule has 1 aliphatic heterocycles. The minimum atomic E-state index is 0.0188. The highest BCUT2D eigenvalue weighted by Gasteiger charge is 2.18. The summed E-state index contributed by atoms with van der Waals surface area (Å²) in [6.07, 6.45) is 2.24. The lowest BCUT2D eigenvalue weighted by Crippen LogP contribution is -2.48. The molecule has 1 fully saturated rings. The number of piperazine rings is 1. The van der Waals surface area contributed by atoms with Crippen molar-refractivity contribution in [3.63, 3.8) is 0 Å². The van der Waals surface area contributed by atoms with Gasteiger partial charge in [0, 0.05) is 62.8 Å². The molecule has 32 heavy (non-hydrogen) atoms. The molecule has 8 nitrogen and oxygen atoms in total. The fourth-order valence-electron chi connectivity index (χ4n) is 4.12. The second-order valence-corrected chi connectivity index (χ2v) is 8.97. The summed E-state index contributed by atoms with van der Waals surface area (Å²) in [4.78, 5) is 26.4. The van der Waals surface area contributed by atoms with Crippen LogP contribution in [0.4, 0.5) is 0 Å². The van der Waals surface area contributed by atoms with E-state index in [0.29, 0.717) is 23.9 Å². The standard InChI is InChI=1S/C23H31N7OS/c1-17-20(18(2)30-22(25-17)26-23(27-30)32-3)15-21(31)24-9-10-28-11-13-29(14-12-28)16-19-7-5-4-6-8-19/h4-8H,9-16H2,1-3H3,(H,24,31). The summed E-state index contributed by atoms with van der Waals surface area (Å²) >= 11 is 1.48. The maximum Gasteiger partial charge on any atom is 0.253 e. The van der Waals surface area contributed by atoms with Crippen LogP contribution in [0.25, 0.3) is 5.78 Å². The highest BCUT2D eigenvalue weighted by atomic mass is 32.2. The van der Waals surface area contributed by atoms with Gasteiger partial charge in [0.25, 0.3) is 5.78 Å². The van der Waals surface area contributed by atoms with Gasteiger partial charge in [-0.05, 0) is 25.7 Å². The maximum absolute atomic E-state index is 12.6. The maximum atomic E-state index is 12.6. The highest BCUT2D eigenvalue weighted by molar-refractivity contribution is 7.98. The van der Waals surface area contributed by atoms with Crippen molar-refractivity contribution in [1.29, 1.82) is 0 Å². The van der Waals surface area contributed by atoms with Crippen molar-refractivity contribution in [2.24, 2.45) is 0 Å². The fourth-order valence-corrected chi connectivity index (χ4v) is 4.46. The number of aryl methyl sites for hydroxylation is 2. The zero-order valence-corrected chi connectivity index (χ0v) is 19.9. The second kappa shape index (κ2) is 10.4. The van der Waals surface area contributed by atoms with Crippen LogP contribution < -0.4 is 5.32 Å². The molecule has 2 aromatic heterocycles. The second-order valence-electron chi connectivity index (χ2n) is 8.20. The first-order valence-electron chi connectivity index (χ1n) is 11.1. The van der Waals surface area contributed by atoms with Crippen molar-refractivity contribution < 1.29 is 4.79 Å². The lowest BCUT2D eigenvalue weighted by atomic mass is 10.1. The van der Waals surface area contributed by atoms with Crippen LogP contribution in [0, 0.1) is 13.8 Å². The molecule has 0 saturated carbocycles. The monoisotopic (exact) mass is 453 g/mol. The molecule has 9 heteroatoms. The Balaban J connectivity index is 1.23. The zero-order valence-electron chi connectivity index (χ0n) is 19.0. The summed E-state index contributed by atoms with van der Waals surface area (Å²) in [7, 11) is 0. The van der Waals surface area contributed by atoms with E-state index in [1.807, 2.05) is 20.1 Å². The van der Waals surface area contributed by atoms with Gasteiger partial charge < -0.3 is 5.32 Å². The number of amides is 1. The Labute approximate surface area is 193 Å². The lowest BCUT2D eigenvalue weighted by molar-refractivity contribution is -0.120. The van der Waals surface area contributed by atoms with Crippen LogP contribution in [0.5, 0.6) is 0 Å². The largest absolute Gasteiger partial charge is 0.355 e. The van der Waals surface area contributed by atoms with Crippen LogP contribution in [-0.2, 0) is 17.8 Å². The number of fused-ring (bicyclic) bond motifs is 1. The third kappa shape index (κ3) is 5.46. The molecule has 1 aromatic carbocycles. The van der Waals surface area contributed by atoms with Crippen molar-refractivity contribution in [3.8, 4) is 0 Å². The molecule has 1 saturated heterocycles. The van der Waals surface area contributed by atoms with E-state index < -0.39 is 0 Å². The molecule has 0 aliphatic carbocycles. The number of carbonyl (C=O) groups is 1. The molecular formula is C23H31N7OS. The third-order valence-corrected chi connectivity index (χ3v) is 6.55. The number of hydrogen-bond acceptors (Lipinski definition) is 7. The molecule has 3 heterocycles. The smallest absolute Gasteiger partial charge is 0.253 e. The van der Waals surface area contributed by atoms with Gasteiger partial charge >= 0.3 is 0 Å². The molecule has 0 atom stereocenters. The molecule has 1 aliphatic rings. The fraction of sp³-hybridized carbons (Fsp3) is 0.478. The molecule has 0 bridgehead atoms. The molecule has 0 unspecified atom stereocenters. The number of aromatic nitrogens is 4. The molecule has 170 valence electrons. The third-order valence-electron chi connectivity index (χ3n) is 6.01. The van der Waals surface area contributed by atoms with Crippen molar-refractivity contribution in [3.05, 3.63) is 52.8 Å². The summed E-state index contributed by atoms with van der Waals surface area (Å²) in [6.45, 7) is 10.6. The van der Waals surface area contributed by atoms with Crippen LogP contribution in [0.2, 0.25) is 0 Å². The number of carbonyl (C=O) groups excluding carboxylic acids is 1. The van der Waals surface area contributed by atoms with Gasteiger partial charge in [0.2, 0.25) is 11.1 Å². The minimum absolute atomic E-state index is 0.0188. The van der Waals surface area contributed by atoms with Gasteiger partial charge in [0.05, 0.1) is 6.42 Å². The van der Waals surface area contributed by atoms with E-state index in [9.17, 15) is 4.79 Å². The Bertz CT molecular complexity index is 1060. The first-order chi connectivity index (χ1) is 15.5. The first-order valence-corrected chi connectivity index (χ1v) is 12.3. The topological polar surface area (TPSA) is 78.7 Å². The van der Waals surface area contributed by atoms with Gasteiger partial charge in [-0.25, -0.2) is 9.50 Å². The van der Waals surface area contributed by atoms with Crippen molar-refractivity contribution >= 4 is 23.4 Å². The first kappa shape index (κ1) is 22.7. The van der Waals surface area contributed by atoms with Crippen molar-refractivity contribution in [2.75, 3.05) is 45.5 Å². The Morgan fingerprint density at radius 1 is 1.06 bits per heavy atom. The van der Waals surface area contributed by atoms with Gasteiger partial charge in [0.15, 0.2) is 0 Å². The average molecular weight is 454 g/mol. The zero-order chi connectivity index (χ0) is 22.5. The number of nitrogens with one attached hydrogen (secondary N) is 1. The van der Waals surface area contributed by atoms with Crippen LogP contribution in [0.3, 0.4) is 0 Å². The minimum Gasteiger partial charge on any atom is -0.355 e. The summed E-state index contributed by atoms with van der Waals surface area (Å²) in [5, 5.41) is 8.22. The van der Waals surface area contributed by atoms with Crippen molar-refractivity contribution in [2.45, 2.75) is 32.0 Å². The molecule has 3 aromatic rings. The van der Waals surface area contributed by atoms with E-state index in [1.165, 1.54) is 17.3 Å². The number of thioether (sulfide) groups is 1.